The Morgan fingerprint density at radius 2 is 1.87 bits per heavy atom. The Balaban J connectivity index is 1.22. The first-order valence-corrected chi connectivity index (χ1v) is 13.8. The SMILES string of the molecule is CC[C@@H]1CN(C(C)=O)CCC1Nc1cc(C(=O)N2CC[C@H](N3CCc4ccccc4C3)[C@@H](O)C2)c(F)cn1. The van der Waals surface area contributed by atoms with E-state index in [9.17, 15) is 19.1 Å². The Morgan fingerprint density at radius 1 is 1.11 bits per heavy atom. The quantitative estimate of drug-likeness (QED) is 0.627. The first-order chi connectivity index (χ1) is 18.3. The van der Waals surface area contributed by atoms with Gasteiger partial charge in [-0.1, -0.05) is 31.2 Å². The Kier molecular flexibility index (Phi) is 7.95. The highest BCUT2D eigenvalue weighted by Gasteiger charge is 2.36. The molecular formula is C29H38FN5O3. The van der Waals surface area contributed by atoms with E-state index in [1.165, 1.54) is 17.2 Å². The fraction of sp³-hybridized carbons (Fsp3) is 0.552. The van der Waals surface area contributed by atoms with E-state index in [-0.39, 0.29) is 36.0 Å². The molecule has 8 nitrogen and oxygen atoms in total. The maximum Gasteiger partial charge on any atom is 0.257 e. The molecule has 204 valence electrons. The number of halogens is 1. The lowest BCUT2D eigenvalue weighted by Crippen LogP contribution is -2.56. The van der Waals surface area contributed by atoms with Crippen molar-refractivity contribution in [1.82, 2.24) is 19.7 Å². The van der Waals surface area contributed by atoms with E-state index in [0.717, 1.165) is 38.5 Å². The molecule has 3 aliphatic heterocycles. The summed E-state index contributed by atoms with van der Waals surface area (Å²) < 4.78 is 14.8. The summed E-state index contributed by atoms with van der Waals surface area (Å²) in [6.07, 6.45) is 3.64. The summed E-state index contributed by atoms with van der Waals surface area (Å²) in [7, 11) is 0. The second-order valence-corrected chi connectivity index (χ2v) is 10.9. The second kappa shape index (κ2) is 11.4. The topological polar surface area (TPSA) is 89.0 Å². The number of aliphatic hydroxyl groups is 1. The first kappa shape index (κ1) is 26.6. The molecule has 0 aliphatic carbocycles. The minimum atomic E-state index is -0.697. The number of piperidine rings is 2. The molecule has 2 fully saturated rings. The minimum Gasteiger partial charge on any atom is -0.390 e. The van der Waals surface area contributed by atoms with Gasteiger partial charge in [-0.15, -0.1) is 0 Å². The van der Waals surface area contributed by atoms with E-state index in [1.54, 1.807) is 11.8 Å². The summed E-state index contributed by atoms with van der Waals surface area (Å²) in [6.45, 7) is 7.32. The van der Waals surface area contributed by atoms with E-state index < -0.39 is 17.8 Å². The number of β-amino-alcohol motifs (C(OH)–C–C–N with tert-alkyl or cyclic N) is 1. The molecule has 0 spiro atoms. The van der Waals surface area contributed by atoms with Gasteiger partial charge >= 0.3 is 0 Å². The Morgan fingerprint density at radius 3 is 2.61 bits per heavy atom. The van der Waals surface area contributed by atoms with Crippen LogP contribution in [-0.4, -0.2) is 87.5 Å². The number of hydrogen-bond donors (Lipinski definition) is 2. The van der Waals surface area contributed by atoms with Crippen LogP contribution in [0, 0.1) is 11.7 Å². The lowest BCUT2D eigenvalue weighted by Gasteiger charge is -2.43. The number of aliphatic hydroxyl groups excluding tert-OH is 1. The monoisotopic (exact) mass is 523 g/mol. The number of nitrogens with one attached hydrogen (secondary N) is 1. The van der Waals surface area contributed by atoms with Gasteiger partial charge in [-0.05, 0) is 48.8 Å². The number of fused-ring (bicyclic) bond motifs is 1. The van der Waals surface area contributed by atoms with E-state index in [0.29, 0.717) is 31.9 Å². The number of likely N-dealkylation sites (tertiary alicyclic amines) is 2. The van der Waals surface area contributed by atoms with Crippen molar-refractivity contribution < 1.29 is 19.1 Å². The van der Waals surface area contributed by atoms with Crippen LogP contribution >= 0.6 is 0 Å². The van der Waals surface area contributed by atoms with Gasteiger partial charge in [0.15, 0.2) is 5.82 Å². The van der Waals surface area contributed by atoms with Crippen molar-refractivity contribution in [2.24, 2.45) is 5.92 Å². The molecule has 1 aromatic carbocycles. The van der Waals surface area contributed by atoms with Gasteiger partial charge in [-0.3, -0.25) is 14.5 Å². The number of rotatable bonds is 5. The van der Waals surface area contributed by atoms with Crippen LogP contribution in [0.2, 0.25) is 0 Å². The number of aromatic nitrogens is 1. The van der Waals surface area contributed by atoms with Crippen molar-refractivity contribution in [3.63, 3.8) is 0 Å². The van der Waals surface area contributed by atoms with Gasteiger partial charge in [-0.2, -0.15) is 0 Å². The molecule has 2 N–H and O–H groups in total. The molecule has 3 aliphatic rings. The van der Waals surface area contributed by atoms with Crippen molar-refractivity contribution >= 4 is 17.6 Å². The van der Waals surface area contributed by atoms with Gasteiger partial charge < -0.3 is 20.2 Å². The zero-order valence-corrected chi connectivity index (χ0v) is 22.3. The Bertz CT molecular complexity index is 1180. The first-order valence-electron chi connectivity index (χ1n) is 13.8. The summed E-state index contributed by atoms with van der Waals surface area (Å²) in [5, 5.41) is 14.4. The third-order valence-electron chi connectivity index (χ3n) is 8.59. The molecule has 2 amide bonds. The van der Waals surface area contributed by atoms with Gasteiger partial charge in [-0.25, -0.2) is 9.37 Å². The van der Waals surface area contributed by atoms with Crippen LogP contribution in [0.4, 0.5) is 10.2 Å². The molecular weight excluding hydrogens is 485 g/mol. The van der Waals surface area contributed by atoms with Crippen molar-refractivity contribution in [3.8, 4) is 0 Å². The number of hydrogen-bond acceptors (Lipinski definition) is 6. The molecule has 0 radical (unpaired) electrons. The minimum absolute atomic E-state index is 0.0289. The van der Waals surface area contributed by atoms with E-state index in [2.05, 4.69) is 40.3 Å². The molecule has 4 atom stereocenters. The van der Waals surface area contributed by atoms with Crippen molar-refractivity contribution in [2.45, 2.75) is 64.3 Å². The summed E-state index contributed by atoms with van der Waals surface area (Å²) in [6, 6.07) is 9.95. The summed E-state index contributed by atoms with van der Waals surface area (Å²) in [5.74, 6) is -0.312. The van der Waals surface area contributed by atoms with E-state index >= 15 is 0 Å². The fourth-order valence-corrected chi connectivity index (χ4v) is 6.29. The molecule has 1 unspecified atom stereocenters. The molecule has 0 bridgehead atoms. The van der Waals surface area contributed by atoms with Crippen LogP contribution in [0.25, 0.3) is 0 Å². The van der Waals surface area contributed by atoms with Crippen LogP contribution in [0.1, 0.15) is 54.6 Å². The van der Waals surface area contributed by atoms with Crippen LogP contribution in [-0.2, 0) is 17.8 Å². The summed E-state index contributed by atoms with van der Waals surface area (Å²) >= 11 is 0. The number of anilines is 1. The molecule has 1 aromatic heterocycles. The third kappa shape index (κ3) is 5.54. The van der Waals surface area contributed by atoms with Crippen LogP contribution < -0.4 is 5.32 Å². The number of benzene rings is 1. The van der Waals surface area contributed by atoms with Crippen LogP contribution in [0.15, 0.2) is 36.5 Å². The number of amides is 2. The molecule has 2 saturated heterocycles. The molecule has 38 heavy (non-hydrogen) atoms. The molecule has 4 heterocycles. The molecule has 9 heteroatoms. The van der Waals surface area contributed by atoms with Crippen LogP contribution in [0.5, 0.6) is 0 Å². The number of nitrogens with zero attached hydrogens (tertiary/aromatic N) is 4. The van der Waals surface area contributed by atoms with Crippen molar-refractivity contribution in [3.05, 3.63) is 59.0 Å². The van der Waals surface area contributed by atoms with Crippen molar-refractivity contribution in [1.29, 1.82) is 0 Å². The Hall–Kier alpha value is -3.04. The van der Waals surface area contributed by atoms with E-state index in [1.807, 2.05) is 11.0 Å². The van der Waals surface area contributed by atoms with E-state index in [4.69, 9.17) is 0 Å². The average molecular weight is 524 g/mol. The van der Waals surface area contributed by atoms with Gasteiger partial charge in [0.25, 0.3) is 5.91 Å². The highest BCUT2D eigenvalue weighted by Crippen LogP contribution is 2.28. The maximum atomic E-state index is 14.8. The summed E-state index contributed by atoms with van der Waals surface area (Å²) in [5.41, 5.74) is 2.62. The van der Waals surface area contributed by atoms with Crippen molar-refractivity contribution in [2.75, 3.05) is 38.0 Å². The average Bonchev–Trinajstić information content (AvgIpc) is 2.93. The lowest BCUT2D eigenvalue weighted by molar-refractivity contribution is -0.130. The zero-order chi connectivity index (χ0) is 26.8. The summed E-state index contributed by atoms with van der Waals surface area (Å²) in [4.78, 5) is 35.1. The standard InChI is InChI=1S/C29H38FN5O3/c1-3-20-16-33(19(2)36)12-9-25(20)32-28-14-23(24(30)15-31-28)29(38)35-13-10-26(27(37)18-35)34-11-8-21-6-4-5-7-22(21)17-34/h4-7,14-15,20,25-27,37H,3,8-13,16-18H2,1-2H3,(H,31,32)/t20-,25?,26+,27+/m1/s1. The van der Waals surface area contributed by atoms with Gasteiger partial charge in [0.2, 0.25) is 5.91 Å². The highest BCUT2D eigenvalue weighted by atomic mass is 19.1. The van der Waals surface area contributed by atoms with Gasteiger partial charge in [0, 0.05) is 58.3 Å². The highest BCUT2D eigenvalue weighted by molar-refractivity contribution is 5.95. The predicted octanol–water partition coefficient (Wildman–Crippen LogP) is 2.91. The number of carbonyl (C=O) groups is 2. The third-order valence-corrected chi connectivity index (χ3v) is 8.59. The van der Waals surface area contributed by atoms with Gasteiger partial charge in [0.1, 0.15) is 5.82 Å². The van der Waals surface area contributed by atoms with Crippen LogP contribution in [0.3, 0.4) is 0 Å². The Labute approximate surface area is 223 Å². The number of pyridine rings is 1. The number of carbonyl (C=O) groups excluding carboxylic acids is 2. The fourth-order valence-electron chi connectivity index (χ4n) is 6.29. The largest absolute Gasteiger partial charge is 0.390 e. The smallest absolute Gasteiger partial charge is 0.257 e. The van der Waals surface area contributed by atoms with Gasteiger partial charge in [0.05, 0.1) is 17.9 Å². The second-order valence-electron chi connectivity index (χ2n) is 10.9. The molecule has 2 aromatic rings. The molecule has 0 saturated carbocycles. The molecule has 5 rings (SSSR count). The lowest BCUT2D eigenvalue weighted by atomic mass is 9.90. The normalized spacial score (nSPS) is 26.1. The zero-order valence-electron chi connectivity index (χ0n) is 22.3. The predicted molar refractivity (Wildman–Crippen MR) is 143 cm³/mol. The maximum absolute atomic E-state index is 14.8.